The standard InChI is InChI=1S/C16H21N3OS/c1-9-5-6-10-12(8-17)16(21-14(10)7-9)19-15(20)11-3-2-4-13(11)18/h9,11,13H,2-7,18H2,1H3,(H,19,20). The van der Waals surface area contributed by atoms with Crippen molar-refractivity contribution in [3.63, 3.8) is 0 Å². The van der Waals surface area contributed by atoms with Gasteiger partial charge >= 0.3 is 0 Å². The number of nitrogens with zero attached hydrogens (tertiary/aromatic N) is 1. The Morgan fingerprint density at radius 2 is 2.24 bits per heavy atom. The molecular weight excluding hydrogens is 282 g/mol. The zero-order chi connectivity index (χ0) is 15.0. The number of carbonyl (C=O) groups excluding carboxylic acids is 1. The fourth-order valence-electron chi connectivity index (χ4n) is 3.48. The van der Waals surface area contributed by atoms with Crippen LogP contribution < -0.4 is 11.1 Å². The van der Waals surface area contributed by atoms with Gasteiger partial charge in [-0.25, -0.2) is 0 Å². The van der Waals surface area contributed by atoms with E-state index in [1.807, 2.05) is 0 Å². The predicted octanol–water partition coefficient (Wildman–Crippen LogP) is 2.81. The summed E-state index contributed by atoms with van der Waals surface area (Å²) in [6.45, 7) is 2.24. The number of hydrogen-bond donors (Lipinski definition) is 2. The molecule has 1 aromatic heterocycles. The number of thiophene rings is 1. The molecule has 3 atom stereocenters. The minimum atomic E-state index is -0.102. The predicted molar refractivity (Wildman–Crippen MR) is 84.2 cm³/mol. The molecule has 2 aliphatic rings. The van der Waals surface area contributed by atoms with E-state index in [1.165, 1.54) is 4.88 Å². The second-order valence-corrected chi connectivity index (χ2v) is 7.46. The van der Waals surface area contributed by atoms with E-state index in [0.717, 1.165) is 49.1 Å². The third kappa shape index (κ3) is 2.70. The molecular formula is C16H21N3OS. The van der Waals surface area contributed by atoms with E-state index in [1.54, 1.807) is 11.3 Å². The summed E-state index contributed by atoms with van der Waals surface area (Å²) in [7, 11) is 0. The molecule has 1 saturated carbocycles. The van der Waals surface area contributed by atoms with E-state index >= 15 is 0 Å². The van der Waals surface area contributed by atoms with Gasteiger partial charge in [0.1, 0.15) is 11.1 Å². The zero-order valence-corrected chi connectivity index (χ0v) is 13.1. The highest BCUT2D eigenvalue weighted by molar-refractivity contribution is 7.16. The Balaban J connectivity index is 1.83. The van der Waals surface area contributed by atoms with Gasteiger partial charge in [0.05, 0.1) is 11.5 Å². The molecule has 0 aliphatic heterocycles. The second kappa shape index (κ2) is 5.78. The van der Waals surface area contributed by atoms with Gasteiger partial charge in [0, 0.05) is 10.9 Å². The fraction of sp³-hybridized carbons (Fsp3) is 0.625. The Hall–Kier alpha value is -1.38. The van der Waals surface area contributed by atoms with E-state index < -0.39 is 0 Å². The minimum Gasteiger partial charge on any atom is -0.327 e. The highest BCUT2D eigenvalue weighted by atomic mass is 32.1. The van der Waals surface area contributed by atoms with Crippen molar-refractivity contribution in [2.45, 2.75) is 51.5 Å². The molecule has 1 fully saturated rings. The summed E-state index contributed by atoms with van der Waals surface area (Å²) in [6.07, 6.45) is 5.89. The summed E-state index contributed by atoms with van der Waals surface area (Å²) in [4.78, 5) is 13.7. The molecule has 0 bridgehead atoms. The monoisotopic (exact) mass is 303 g/mol. The molecule has 112 valence electrons. The number of amides is 1. The lowest BCUT2D eigenvalue weighted by Gasteiger charge is -2.17. The lowest BCUT2D eigenvalue weighted by molar-refractivity contribution is -0.120. The molecule has 1 heterocycles. The molecule has 3 N–H and O–H groups in total. The number of rotatable bonds is 2. The number of nitrogens with two attached hydrogens (primary N) is 1. The van der Waals surface area contributed by atoms with Gasteiger partial charge in [0.2, 0.25) is 5.91 Å². The molecule has 4 nitrogen and oxygen atoms in total. The third-order valence-electron chi connectivity index (χ3n) is 4.77. The fourth-order valence-corrected chi connectivity index (χ4v) is 4.84. The Morgan fingerprint density at radius 1 is 1.43 bits per heavy atom. The summed E-state index contributed by atoms with van der Waals surface area (Å²) >= 11 is 1.58. The van der Waals surface area contributed by atoms with E-state index in [4.69, 9.17) is 5.73 Å². The van der Waals surface area contributed by atoms with Crippen molar-refractivity contribution in [1.82, 2.24) is 0 Å². The van der Waals surface area contributed by atoms with Gasteiger partial charge in [0.25, 0.3) is 0 Å². The Labute approximate surface area is 129 Å². The van der Waals surface area contributed by atoms with Crippen LogP contribution in [0.25, 0.3) is 0 Å². The van der Waals surface area contributed by atoms with Crippen LogP contribution >= 0.6 is 11.3 Å². The SMILES string of the molecule is CC1CCc2c(sc(NC(=O)C3CCCC3N)c2C#N)C1. The smallest absolute Gasteiger partial charge is 0.229 e. The van der Waals surface area contributed by atoms with Crippen LogP contribution in [0.15, 0.2) is 0 Å². The Morgan fingerprint density at radius 3 is 2.90 bits per heavy atom. The largest absolute Gasteiger partial charge is 0.327 e. The second-order valence-electron chi connectivity index (χ2n) is 6.36. The van der Waals surface area contributed by atoms with E-state index in [0.29, 0.717) is 11.5 Å². The van der Waals surface area contributed by atoms with Crippen LogP contribution in [0.3, 0.4) is 0 Å². The van der Waals surface area contributed by atoms with Crippen molar-refractivity contribution in [3.8, 4) is 6.07 Å². The van der Waals surface area contributed by atoms with Gasteiger partial charge < -0.3 is 11.1 Å². The van der Waals surface area contributed by atoms with Crippen molar-refractivity contribution in [2.24, 2.45) is 17.6 Å². The average Bonchev–Trinajstić information content (AvgIpc) is 3.01. The summed E-state index contributed by atoms with van der Waals surface area (Å²) < 4.78 is 0. The summed E-state index contributed by atoms with van der Waals surface area (Å²) in [5.74, 6) is 0.548. The van der Waals surface area contributed by atoms with Crippen molar-refractivity contribution in [2.75, 3.05) is 5.32 Å². The average molecular weight is 303 g/mol. The molecule has 1 aromatic rings. The number of nitrogens with one attached hydrogen (secondary N) is 1. The molecule has 0 aromatic carbocycles. The van der Waals surface area contributed by atoms with Crippen molar-refractivity contribution in [1.29, 1.82) is 5.26 Å². The first kappa shape index (κ1) is 14.6. The molecule has 1 amide bonds. The molecule has 2 aliphatic carbocycles. The van der Waals surface area contributed by atoms with Crippen molar-refractivity contribution >= 4 is 22.2 Å². The van der Waals surface area contributed by atoms with Crippen LogP contribution in [-0.4, -0.2) is 11.9 Å². The number of anilines is 1. The number of nitriles is 1. The van der Waals surface area contributed by atoms with Crippen LogP contribution in [0, 0.1) is 23.2 Å². The van der Waals surface area contributed by atoms with Crippen LogP contribution in [-0.2, 0) is 17.6 Å². The molecule has 21 heavy (non-hydrogen) atoms. The van der Waals surface area contributed by atoms with E-state index in [2.05, 4.69) is 18.3 Å². The first-order chi connectivity index (χ1) is 10.1. The van der Waals surface area contributed by atoms with Gasteiger partial charge in [-0.3, -0.25) is 4.79 Å². The molecule has 3 unspecified atom stereocenters. The normalized spacial score (nSPS) is 28.0. The number of hydrogen-bond acceptors (Lipinski definition) is 4. The molecule has 3 rings (SSSR count). The van der Waals surface area contributed by atoms with E-state index in [-0.39, 0.29) is 17.9 Å². The highest BCUT2D eigenvalue weighted by Crippen LogP contribution is 2.39. The molecule has 5 heteroatoms. The Kier molecular flexibility index (Phi) is 4.01. The number of carbonyl (C=O) groups is 1. The maximum absolute atomic E-state index is 12.4. The number of fused-ring (bicyclic) bond motifs is 1. The maximum atomic E-state index is 12.4. The van der Waals surface area contributed by atoms with Crippen LogP contribution in [0.2, 0.25) is 0 Å². The third-order valence-corrected chi connectivity index (χ3v) is 5.94. The molecule has 0 radical (unpaired) electrons. The molecule has 0 spiro atoms. The van der Waals surface area contributed by atoms with Gasteiger partial charge in [0.15, 0.2) is 0 Å². The summed E-state index contributed by atoms with van der Waals surface area (Å²) in [5.41, 5.74) is 7.84. The summed E-state index contributed by atoms with van der Waals surface area (Å²) in [5, 5.41) is 13.2. The topological polar surface area (TPSA) is 78.9 Å². The van der Waals surface area contributed by atoms with Crippen LogP contribution in [0.1, 0.15) is 48.6 Å². The minimum absolute atomic E-state index is 0.0110. The highest BCUT2D eigenvalue weighted by Gasteiger charge is 2.32. The first-order valence-corrected chi connectivity index (χ1v) is 8.53. The van der Waals surface area contributed by atoms with Crippen LogP contribution in [0.5, 0.6) is 0 Å². The quantitative estimate of drug-likeness (QED) is 0.881. The van der Waals surface area contributed by atoms with Gasteiger partial charge in [-0.05, 0) is 43.6 Å². The van der Waals surface area contributed by atoms with Crippen molar-refractivity contribution < 1.29 is 4.79 Å². The Bertz CT molecular complexity index is 601. The first-order valence-electron chi connectivity index (χ1n) is 7.71. The molecule has 0 saturated heterocycles. The van der Waals surface area contributed by atoms with Gasteiger partial charge in [-0.15, -0.1) is 11.3 Å². The zero-order valence-electron chi connectivity index (χ0n) is 12.3. The van der Waals surface area contributed by atoms with E-state index in [9.17, 15) is 10.1 Å². The summed E-state index contributed by atoms with van der Waals surface area (Å²) in [6, 6.07) is 2.25. The lowest BCUT2D eigenvalue weighted by atomic mass is 9.88. The van der Waals surface area contributed by atoms with Crippen LogP contribution in [0.4, 0.5) is 5.00 Å². The van der Waals surface area contributed by atoms with Crippen molar-refractivity contribution in [3.05, 3.63) is 16.0 Å². The van der Waals surface area contributed by atoms with Gasteiger partial charge in [-0.1, -0.05) is 13.3 Å². The van der Waals surface area contributed by atoms with Gasteiger partial charge in [-0.2, -0.15) is 5.26 Å². The maximum Gasteiger partial charge on any atom is 0.229 e. The lowest BCUT2D eigenvalue weighted by Crippen LogP contribution is -2.34.